The fourth-order valence-corrected chi connectivity index (χ4v) is 3.48. The Balaban J connectivity index is 0.000000830. The van der Waals surface area contributed by atoms with Crippen molar-refractivity contribution in [2.75, 3.05) is 26.1 Å². The maximum absolute atomic E-state index is 10.8. The van der Waals surface area contributed by atoms with Crippen molar-refractivity contribution in [3.8, 4) is 17.2 Å². The molecule has 0 aliphatic carbocycles. The molecule has 0 saturated carbocycles. The first kappa shape index (κ1) is 28.6. The minimum Gasteiger partial charge on any atom is -0.493 e. The predicted molar refractivity (Wildman–Crippen MR) is 149 cm³/mol. The summed E-state index contributed by atoms with van der Waals surface area (Å²) < 4.78 is 19.4. The van der Waals surface area contributed by atoms with Gasteiger partial charge in [0.15, 0.2) is 11.5 Å². The molecule has 0 amide bonds. The summed E-state index contributed by atoms with van der Waals surface area (Å²) >= 11 is 1.39. The molecule has 192 valence electrons. The maximum Gasteiger partial charge on any atom is 0.269 e. The van der Waals surface area contributed by atoms with Crippen LogP contribution in [0, 0.1) is 15.5 Å². The van der Waals surface area contributed by atoms with E-state index in [4.69, 9.17) is 14.2 Å². The second kappa shape index (κ2) is 13.4. The highest BCUT2D eigenvalue weighted by atomic mass is 32.2. The fraction of sp³-hybridized carbons (Fsp3) is 0.286. The van der Waals surface area contributed by atoms with E-state index in [1.807, 2.05) is 48.6 Å². The van der Waals surface area contributed by atoms with Gasteiger partial charge in [0.1, 0.15) is 0 Å². The second-order valence-electron chi connectivity index (χ2n) is 9.37. The van der Waals surface area contributed by atoms with Gasteiger partial charge in [0, 0.05) is 22.7 Å². The third-order valence-electron chi connectivity index (χ3n) is 4.38. The average molecular weight is 511 g/mol. The van der Waals surface area contributed by atoms with Crippen molar-refractivity contribution in [2.24, 2.45) is 5.41 Å². The first-order valence-electron chi connectivity index (χ1n) is 11.3. The molecule has 0 heterocycles. The van der Waals surface area contributed by atoms with Crippen molar-refractivity contribution in [1.82, 2.24) is 0 Å². The van der Waals surface area contributed by atoms with Crippen LogP contribution in [-0.4, -0.2) is 26.3 Å². The summed E-state index contributed by atoms with van der Waals surface area (Å²) in [6, 6.07) is 18.1. The van der Waals surface area contributed by atoms with E-state index < -0.39 is 4.92 Å². The molecule has 7 nitrogen and oxygen atoms in total. The summed E-state index contributed by atoms with van der Waals surface area (Å²) in [4.78, 5) is 11.2. The van der Waals surface area contributed by atoms with Crippen molar-refractivity contribution in [3.05, 3.63) is 81.9 Å². The van der Waals surface area contributed by atoms with E-state index >= 15 is 0 Å². The van der Waals surface area contributed by atoms with Gasteiger partial charge in [-0.2, -0.15) is 0 Å². The molecule has 0 spiro atoms. The molecule has 0 saturated heterocycles. The topological polar surface area (TPSA) is 82.9 Å². The van der Waals surface area contributed by atoms with Gasteiger partial charge < -0.3 is 18.9 Å². The van der Waals surface area contributed by atoms with Crippen LogP contribution in [0.5, 0.6) is 17.2 Å². The van der Waals surface area contributed by atoms with E-state index in [1.54, 1.807) is 33.5 Å². The molecule has 3 aromatic carbocycles. The summed E-state index contributed by atoms with van der Waals surface area (Å²) in [7, 11) is 4.74. The summed E-state index contributed by atoms with van der Waals surface area (Å²) in [6.45, 7) is 8.75. The van der Waals surface area contributed by atoms with E-state index in [2.05, 4.69) is 32.4 Å². The lowest BCUT2D eigenvalue weighted by Gasteiger charge is -2.12. The molecule has 36 heavy (non-hydrogen) atoms. The van der Waals surface area contributed by atoms with E-state index in [9.17, 15) is 10.1 Å². The molecule has 0 radical (unpaired) electrons. The molecule has 3 aromatic rings. The zero-order chi connectivity index (χ0) is 26.7. The van der Waals surface area contributed by atoms with Gasteiger partial charge in [-0.15, -0.1) is 0 Å². The van der Waals surface area contributed by atoms with Crippen molar-refractivity contribution in [3.63, 3.8) is 0 Å². The highest BCUT2D eigenvalue weighted by Gasteiger charge is 2.12. The number of nitro benzene ring substituents is 1. The quantitative estimate of drug-likeness (QED) is 0.135. The van der Waals surface area contributed by atoms with Crippen LogP contribution >= 0.6 is 11.9 Å². The lowest BCUT2D eigenvalue weighted by molar-refractivity contribution is -0.384. The van der Waals surface area contributed by atoms with Crippen LogP contribution in [0.1, 0.15) is 38.8 Å². The highest BCUT2D eigenvalue weighted by molar-refractivity contribution is 8.00. The van der Waals surface area contributed by atoms with Gasteiger partial charge in [-0.3, -0.25) is 10.1 Å². The number of methoxy groups -OCH3 is 3. The van der Waals surface area contributed by atoms with Crippen molar-refractivity contribution >= 4 is 35.5 Å². The Morgan fingerprint density at radius 2 is 1.39 bits per heavy atom. The van der Waals surface area contributed by atoms with Gasteiger partial charge in [0.05, 0.1) is 26.3 Å². The number of hydrogen-bond acceptors (Lipinski definition) is 7. The molecular formula is C28H34N2O5S. The lowest BCUT2D eigenvalue weighted by Crippen LogP contribution is -1.95. The first-order chi connectivity index (χ1) is 17.0. The zero-order valence-corrected chi connectivity index (χ0v) is 22.6. The molecule has 0 aliphatic heterocycles. The largest absolute Gasteiger partial charge is 0.493 e. The molecule has 1 N–H and O–H groups in total. The molecule has 0 bridgehead atoms. The number of nitrogens with zero attached hydrogens (tertiary/aromatic N) is 1. The van der Waals surface area contributed by atoms with Gasteiger partial charge in [-0.1, -0.05) is 52.0 Å². The smallest absolute Gasteiger partial charge is 0.269 e. The Labute approximate surface area is 217 Å². The number of ether oxygens (including phenoxy) is 3. The minimum absolute atomic E-state index is 0.0725. The van der Waals surface area contributed by atoms with Crippen LogP contribution in [0.15, 0.2) is 65.6 Å². The highest BCUT2D eigenvalue weighted by Crippen LogP contribution is 2.38. The van der Waals surface area contributed by atoms with Crippen LogP contribution in [-0.2, 0) is 0 Å². The van der Waals surface area contributed by atoms with Crippen LogP contribution in [0.3, 0.4) is 0 Å². The van der Waals surface area contributed by atoms with Gasteiger partial charge in [-0.05, 0) is 64.9 Å². The Morgan fingerprint density at radius 1 is 0.833 bits per heavy atom. The number of hydrogen-bond donors (Lipinski definition) is 1. The zero-order valence-electron chi connectivity index (χ0n) is 21.8. The first-order valence-corrected chi connectivity index (χ1v) is 12.1. The SMILES string of the molecule is CC(C)(C)C.COc1cc(/C=C\c2cccc(NSc3ccc([N+](=O)[O-])cc3)c2)cc(OC)c1OC. The summed E-state index contributed by atoms with van der Waals surface area (Å²) in [5, 5.41) is 10.8. The number of nitro groups is 1. The predicted octanol–water partition coefficient (Wildman–Crippen LogP) is 7.96. The Hall–Kier alpha value is -3.65. The van der Waals surface area contributed by atoms with Gasteiger partial charge in [-0.25, -0.2) is 0 Å². The molecule has 0 aliphatic rings. The van der Waals surface area contributed by atoms with Crippen LogP contribution in [0.2, 0.25) is 0 Å². The Kier molecular flexibility index (Phi) is 10.7. The number of rotatable bonds is 9. The van der Waals surface area contributed by atoms with Crippen LogP contribution in [0.4, 0.5) is 11.4 Å². The van der Waals surface area contributed by atoms with Gasteiger partial charge >= 0.3 is 0 Å². The summed E-state index contributed by atoms with van der Waals surface area (Å²) in [5.41, 5.74) is 3.40. The average Bonchev–Trinajstić information content (AvgIpc) is 2.85. The van der Waals surface area contributed by atoms with E-state index in [0.29, 0.717) is 22.7 Å². The Morgan fingerprint density at radius 3 is 1.89 bits per heavy atom. The van der Waals surface area contributed by atoms with Crippen molar-refractivity contribution in [1.29, 1.82) is 0 Å². The monoisotopic (exact) mass is 510 g/mol. The molecule has 0 aromatic heterocycles. The molecule has 0 atom stereocenters. The normalized spacial score (nSPS) is 10.9. The molecule has 8 heteroatoms. The Bertz CT molecular complexity index is 1140. The van der Waals surface area contributed by atoms with Gasteiger partial charge in [0.25, 0.3) is 5.69 Å². The van der Waals surface area contributed by atoms with E-state index in [-0.39, 0.29) is 5.69 Å². The third kappa shape index (κ3) is 9.54. The van der Waals surface area contributed by atoms with E-state index in [0.717, 1.165) is 21.7 Å². The van der Waals surface area contributed by atoms with Crippen LogP contribution < -0.4 is 18.9 Å². The van der Waals surface area contributed by atoms with Crippen molar-refractivity contribution < 1.29 is 19.1 Å². The molecule has 0 fully saturated rings. The number of anilines is 1. The molecule has 3 rings (SSSR count). The fourth-order valence-electron chi connectivity index (χ4n) is 2.85. The summed E-state index contributed by atoms with van der Waals surface area (Å²) in [5.74, 6) is 1.74. The minimum atomic E-state index is -0.411. The van der Waals surface area contributed by atoms with Crippen LogP contribution in [0.25, 0.3) is 12.2 Å². The lowest BCUT2D eigenvalue weighted by atomic mass is 10.0. The second-order valence-corrected chi connectivity index (χ2v) is 10.3. The standard InChI is InChI=1S/C23H22N2O5S.C5H12/c1-28-21-14-17(15-22(29-2)23(21)30-3)8-7-16-5-4-6-18(13-16)24-31-20-11-9-19(10-12-20)25(26)27;1-5(2,3)4/h4-15,24H,1-3H3;1-4H3/b8-7-;. The third-order valence-corrected chi connectivity index (χ3v) is 5.22. The van der Waals surface area contributed by atoms with Gasteiger partial charge in [0.2, 0.25) is 5.75 Å². The van der Waals surface area contributed by atoms with Crippen molar-refractivity contribution in [2.45, 2.75) is 32.6 Å². The maximum atomic E-state index is 10.8. The molecule has 0 unspecified atom stereocenters. The number of benzene rings is 3. The number of non-ortho nitro benzene ring substituents is 1. The number of nitrogens with one attached hydrogen (secondary N) is 1. The van der Waals surface area contributed by atoms with E-state index in [1.165, 1.54) is 24.1 Å². The summed E-state index contributed by atoms with van der Waals surface area (Å²) in [6.07, 6.45) is 3.95. The molecular weight excluding hydrogens is 476 g/mol.